The molecule has 1 aliphatic rings. The number of carbonyl (C=O) groups is 4. The zero-order valence-electron chi connectivity index (χ0n) is 38.6. The molecule has 7 rings (SSSR count). The molecule has 1 N–H and O–H groups in total. The molecule has 0 fully saturated rings. The van der Waals surface area contributed by atoms with Gasteiger partial charge < -0.3 is 42.7 Å². The van der Waals surface area contributed by atoms with Crippen molar-refractivity contribution >= 4 is 140 Å². The quantitative estimate of drug-likeness (QED) is 0.0221. The van der Waals surface area contributed by atoms with E-state index in [1.54, 1.807) is 24.3 Å². The van der Waals surface area contributed by atoms with Crippen molar-refractivity contribution in [2.75, 3.05) is 36.3 Å². The van der Waals surface area contributed by atoms with E-state index in [4.69, 9.17) is 55.9 Å². The van der Waals surface area contributed by atoms with Crippen LogP contribution in [0, 0.1) is 6.42 Å². The minimum atomic E-state index is -4.95. The topological polar surface area (TPSA) is 217 Å². The van der Waals surface area contributed by atoms with Gasteiger partial charge in [-0.1, -0.05) is 76.7 Å². The Kier molecular flexibility index (Phi) is 25.9. The summed E-state index contributed by atoms with van der Waals surface area (Å²) in [7, 11) is -6.15. The number of alkyl halides is 3. The van der Waals surface area contributed by atoms with E-state index in [0.717, 1.165) is 35.8 Å². The van der Waals surface area contributed by atoms with E-state index in [9.17, 15) is 54.3 Å². The smallest absolute Gasteiger partial charge is 1.00 e. The number of carboxylic acid groups (broad SMARTS) is 1. The molecule has 0 radical (unpaired) electrons. The number of carbonyl (C=O) groups excluding carboxylic acids is 3. The largest absolute Gasteiger partial charge is 2.00 e. The molecule has 390 valence electrons. The molecule has 0 bridgehead atoms. The van der Waals surface area contributed by atoms with E-state index in [-0.39, 0.29) is 73.5 Å². The molecule has 0 atom stereocenters. The third-order valence-corrected chi connectivity index (χ3v) is 14.1. The summed E-state index contributed by atoms with van der Waals surface area (Å²) in [5.74, 6) is -3.49. The van der Waals surface area contributed by atoms with E-state index in [1.807, 2.05) is 20.3 Å². The Morgan fingerprint density at radius 2 is 1.15 bits per heavy atom. The van der Waals surface area contributed by atoms with Crippen LogP contribution in [0.1, 0.15) is 66.5 Å². The van der Waals surface area contributed by atoms with Crippen molar-refractivity contribution in [1.82, 2.24) is 9.97 Å². The van der Waals surface area contributed by atoms with Crippen molar-refractivity contribution in [3.8, 4) is 0 Å². The Morgan fingerprint density at radius 3 is 1.65 bits per heavy atom. The van der Waals surface area contributed by atoms with Crippen LogP contribution in [0.2, 0.25) is 20.1 Å². The Hall–Kier alpha value is -4.44. The molecule has 4 aromatic carbocycles. The van der Waals surface area contributed by atoms with E-state index in [0.29, 0.717) is 36.1 Å². The van der Waals surface area contributed by atoms with Gasteiger partial charge in [0, 0.05) is 37.2 Å². The molecule has 0 amide bonds. The van der Waals surface area contributed by atoms with Gasteiger partial charge in [-0.15, -0.1) is 0 Å². The molecular formula is C46H37Br2Cl4F3MgN4O12S2. The third kappa shape index (κ3) is 16.5. The second-order valence-corrected chi connectivity index (χ2v) is 20.3. The normalized spacial score (nSPS) is 11.6. The van der Waals surface area contributed by atoms with Gasteiger partial charge in [0.1, 0.15) is 23.8 Å². The first-order chi connectivity index (χ1) is 33.8. The van der Waals surface area contributed by atoms with Gasteiger partial charge in [0.25, 0.3) is 20.0 Å². The number of benzene rings is 4. The molecule has 0 unspecified atom stereocenters. The zero-order valence-corrected chi connectivity index (χ0v) is 47.9. The predicted octanol–water partition coefficient (Wildman–Crippen LogP) is 7.94. The SMILES string of the molecule is COCN(c1cc(Cl)cnc1Br)S(=O)(=O)c1ccc(Cl)cc1.COCN(c1cc(Cl)cnc1C(=O)c1ccccc1C(=O)O)S(=O)(=O)c1ccc(Cl)c(C(F)(F)F)c1.C[CH-]C.O=C1OC(=O)c2ccccc21.[Br-].[Mg+2]. The minimum absolute atomic E-state index is 0. The van der Waals surface area contributed by atoms with Crippen LogP contribution >= 0.6 is 62.3 Å². The standard InChI is InChI=1S/C22H15Cl2F3N2O6S.C13H11BrCl2N2O3S.C8H4O3.C3H7.BrH.Mg/c1-35-11-29(36(33,34)13-6-7-17(24)16(9-13)22(25,26)27)18-8-12(23)10-28-19(18)20(30)14-4-2-3-5-15(14)21(31)32;1-21-8-18(12-6-10(16)7-17-13(12)14)22(19,20)11-4-2-9(15)3-5-11;9-7-5-3-1-2-4-6(5)8(10)11-7;1-3-2;;/h2-10H,11H2,1H3,(H,31,32);2-7H,8H2,1H3;1-4H;3H,1-2H3;1H;/q;;;-1;;+2/p-1. The molecule has 6 aromatic rings. The average molecular weight is 1280 g/mol. The zero-order chi connectivity index (χ0) is 53.7. The number of ketones is 1. The summed E-state index contributed by atoms with van der Waals surface area (Å²) in [5, 5.41) is 9.36. The minimum Gasteiger partial charge on any atom is -1.00 e. The number of rotatable bonds is 13. The molecule has 3 heterocycles. The van der Waals surface area contributed by atoms with Gasteiger partial charge in [-0.2, -0.15) is 27.0 Å². The maximum Gasteiger partial charge on any atom is 2.00 e. The van der Waals surface area contributed by atoms with Gasteiger partial charge in [-0.3, -0.25) is 4.79 Å². The summed E-state index contributed by atoms with van der Waals surface area (Å²) < 4.78 is 109. The summed E-state index contributed by atoms with van der Waals surface area (Å²) in [5.41, 5.74) is -2.05. The molecule has 2 aromatic heterocycles. The Bertz CT molecular complexity index is 3180. The number of hydrogen-bond acceptors (Lipinski definition) is 13. The number of ether oxygens (including phenoxy) is 3. The van der Waals surface area contributed by atoms with Gasteiger partial charge in [-0.05, 0) is 88.7 Å². The number of sulfonamides is 2. The van der Waals surface area contributed by atoms with Gasteiger partial charge in [0.2, 0.25) is 5.78 Å². The van der Waals surface area contributed by atoms with E-state index >= 15 is 0 Å². The van der Waals surface area contributed by atoms with E-state index in [2.05, 4.69) is 30.6 Å². The monoisotopic (exact) mass is 1280 g/mol. The molecule has 0 spiro atoms. The van der Waals surface area contributed by atoms with Gasteiger partial charge >= 0.3 is 47.1 Å². The Labute approximate surface area is 478 Å². The van der Waals surface area contributed by atoms with Crippen LogP contribution in [0.25, 0.3) is 0 Å². The summed E-state index contributed by atoms with van der Waals surface area (Å²) in [6.45, 7) is 3.06. The number of hydrogen-bond donors (Lipinski definition) is 1. The fourth-order valence-corrected chi connectivity index (χ4v) is 9.91. The summed E-state index contributed by atoms with van der Waals surface area (Å²) in [4.78, 5) is 53.8. The number of anilines is 2. The fraction of sp³-hybridized carbons (Fsp3) is 0.152. The number of carboxylic acids is 1. The Balaban J connectivity index is 0.000000415. The predicted molar refractivity (Wildman–Crippen MR) is 272 cm³/mol. The first kappa shape index (κ1) is 65.7. The number of esters is 2. The number of pyridine rings is 2. The molecule has 0 saturated carbocycles. The van der Waals surface area contributed by atoms with Crippen LogP contribution in [0.5, 0.6) is 0 Å². The number of methoxy groups -OCH3 is 2. The number of nitrogens with zero attached hydrogens (tertiary/aromatic N) is 4. The molecule has 16 nitrogen and oxygen atoms in total. The van der Waals surface area contributed by atoms with Crippen LogP contribution in [0.15, 0.2) is 130 Å². The maximum absolute atomic E-state index is 13.5. The maximum atomic E-state index is 13.5. The average Bonchev–Trinajstić information content (AvgIpc) is 3.63. The third-order valence-electron chi connectivity index (χ3n) is 9.05. The van der Waals surface area contributed by atoms with Crippen molar-refractivity contribution < 1.29 is 85.5 Å². The number of aromatic carboxylic acids is 1. The first-order valence-electron chi connectivity index (χ1n) is 19.9. The van der Waals surface area contributed by atoms with Crippen molar-refractivity contribution in [2.45, 2.75) is 29.8 Å². The van der Waals surface area contributed by atoms with Crippen LogP contribution in [-0.4, -0.2) is 106 Å². The molecule has 0 aliphatic carbocycles. The fourth-order valence-electron chi connectivity index (χ4n) is 5.92. The second kappa shape index (κ2) is 29.2. The molecule has 0 saturated heterocycles. The number of aromatic nitrogens is 2. The van der Waals surface area contributed by atoms with E-state index < -0.39 is 83.5 Å². The van der Waals surface area contributed by atoms with Crippen molar-refractivity contribution in [1.29, 1.82) is 0 Å². The molecule has 1 aliphatic heterocycles. The van der Waals surface area contributed by atoms with Crippen LogP contribution < -0.4 is 25.6 Å². The van der Waals surface area contributed by atoms with Crippen molar-refractivity contribution in [3.05, 3.63) is 180 Å². The summed E-state index contributed by atoms with van der Waals surface area (Å²) >= 11 is 26.5. The van der Waals surface area contributed by atoms with Gasteiger partial charge in [-0.25, -0.2) is 49.8 Å². The number of cyclic esters (lactones) is 2. The van der Waals surface area contributed by atoms with Crippen molar-refractivity contribution in [3.63, 3.8) is 0 Å². The Morgan fingerprint density at radius 1 is 0.703 bits per heavy atom. The van der Waals surface area contributed by atoms with Crippen LogP contribution in [0.4, 0.5) is 24.5 Å². The molecular weight excluding hydrogens is 1250 g/mol. The van der Waals surface area contributed by atoms with Gasteiger partial charge in [0.15, 0.2) is 0 Å². The van der Waals surface area contributed by atoms with E-state index in [1.165, 1.54) is 67.9 Å². The summed E-state index contributed by atoms with van der Waals surface area (Å²) in [6.07, 6.45) is -0.508. The number of fused-ring (bicyclic) bond motifs is 1. The van der Waals surface area contributed by atoms with Crippen molar-refractivity contribution in [2.24, 2.45) is 0 Å². The van der Waals surface area contributed by atoms with Crippen LogP contribution in [0.3, 0.4) is 0 Å². The first-order valence-corrected chi connectivity index (χ1v) is 25.1. The second-order valence-electron chi connectivity index (χ2n) is 14.1. The molecule has 74 heavy (non-hydrogen) atoms. The number of halogens is 9. The summed E-state index contributed by atoms with van der Waals surface area (Å²) in [6, 6.07) is 22.0. The van der Waals surface area contributed by atoms with Gasteiger partial charge in [0.05, 0.1) is 58.5 Å². The molecule has 28 heteroatoms. The van der Waals surface area contributed by atoms with Crippen LogP contribution in [-0.2, 0) is 40.4 Å².